The molecule has 3 rings (SSSR count). The first-order valence-electron chi connectivity index (χ1n) is 8.58. The smallest absolute Gasteiger partial charge is 0.261 e. The van der Waals surface area contributed by atoms with Crippen molar-refractivity contribution < 1.29 is 13.2 Å². The number of carbonyl (C=O) groups is 1. The van der Waals surface area contributed by atoms with Crippen molar-refractivity contribution in [3.63, 3.8) is 0 Å². The van der Waals surface area contributed by atoms with Gasteiger partial charge in [0.25, 0.3) is 15.9 Å². The number of hydrogen-bond donors (Lipinski definition) is 3. The highest BCUT2D eigenvalue weighted by Gasteiger charge is 2.28. The van der Waals surface area contributed by atoms with Crippen LogP contribution in [0.2, 0.25) is 0 Å². The lowest BCUT2D eigenvalue weighted by Crippen LogP contribution is -2.38. The Labute approximate surface area is 153 Å². The van der Waals surface area contributed by atoms with Crippen LogP contribution in [0.1, 0.15) is 28.8 Å². The van der Waals surface area contributed by atoms with Crippen LogP contribution in [-0.2, 0) is 10.0 Å². The zero-order valence-electron chi connectivity index (χ0n) is 14.6. The Morgan fingerprint density at radius 3 is 2.54 bits per heavy atom. The predicted octanol–water partition coefficient (Wildman–Crippen LogP) is 2.26. The zero-order valence-corrected chi connectivity index (χ0v) is 15.4. The number of carbonyl (C=O) groups excluding carboxylic acids is 1. The first kappa shape index (κ1) is 18.4. The molecule has 1 aliphatic carbocycles. The molecule has 4 N–H and O–H groups in total. The Hall–Kier alpha value is -2.38. The van der Waals surface area contributed by atoms with Crippen molar-refractivity contribution in [1.82, 2.24) is 5.32 Å². The molecule has 0 aliphatic heterocycles. The Morgan fingerprint density at radius 2 is 1.88 bits per heavy atom. The van der Waals surface area contributed by atoms with Gasteiger partial charge in [-0.2, -0.15) is 0 Å². The molecule has 2 aromatic carbocycles. The monoisotopic (exact) mass is 373 g/mol. The van der Waals surface area contributed by atoms with Gasteiger partial charge in [-0.3, -0.25) is 9.52 Å². The van der Waals surface area contributed by atoms with Crippen LogP contribution in [0.5, 0.6) is 0 Å². The van der Waals surface area contributed by atoms with Gasteiger partial charge in [-0.15, -0.1) is 0 Å². The van der Waals surface area contributed by atoms with Crippen LogP contribution in [0.15, 0.2) is 53.4 Å². The van der Waals surface area contributed by atoms with Crippen LogP contribution in [-0.4, -0.2) is 26.9 Å². The average molecular weight is 373 g/mol. The summed E-state index contributed by atoms with van der Waals surface area (Å²) in [6.07, 6.45) is 2.21. The molecule has 1 aliphatic rings. The van der Waals surface area contributed by atoms with E-state index in [1.165, 1.54) is 12.1 Å². The first-order valence-corrected chi connectivity index (χ1v) is 10.1. The molecule has 1 saturated carbocycles. The standard InChI is InChI=1S/C19H23N3O3S/c1-13-5-9-16(10-6-13)22-26(24,25)17-4-2-3-15(11-17)19(23)21-12-18(20)14-7-8-14/h2-6,9-11,14,18,22H,7-8,12,20H2,1H3,(H,21,23). The molecule has 2 aromatic rings. The maximum Gasteiger partial charge on any atom is 0.261 e. The molecule has 0 aromatic heterocycles. The van der Waals surface area contributed by atoms with Gasteiger partial charge in [-0.05, 0) is 56.0 Å². The number of nitrogens with two attached hydrogens (primary N) is 1. The topological polar surface area (TPSA) is 101 Å². The van der Waals surface area contributed by atoms with E-state index in [-0.39, 0.29) is 16.8 Å². The van der Waals surface area contributed by atoms with Crippen molar-refractivity contribution in [1.29, 1.82) is 0 Å². The largest absolute Gasteiger partial charge is 0.350 e. The van der Waals surface area contributed by atoms with Gasteiger partial charge in [0.15, 0.2) is 0 Å². The normalized spacial score (nSPS) is 15.3. The molecule has 138 valence electrons. The number of nitrogens with one attached hydrogen (secondary N) is 2. The second-order valence-corrected chi connectivity index (χ2v) is 8.39. The molecule has 6 nitrogen and oxygen atoms in total. The Morgan fingerprint density at radius 1 is 1.19 bits per heavy atom. The van der Waals surface area contributed by atoms with E-state index in [2.05, 4.69) is 10.0 Å². The molecule has 0 saturated heterocycles. The third kappa shape index (κ3) is 4.62. The van der Waals surface area contributed by atoms with Gasteiger partial charge in [-0.1, -0.05) is 23.8 Å². The average Bonchev–Trinajstić information content (AvgIpc) is 3.46. The summed E-state index contributed by atoms with van der Waals surface area (Å²) in [5, 5.41) is 2.78. The zero-order chi connectivity index (χ0) is 18.7. The van der Waals surface area contributed by atoms with Gasteiger partial charge >= 0.3 is 0 Å². The number of sulfonamides is 1. The second kappa shape index (κ2) is 7.47. The van der Waals surface area contributed by atoms with Crippen LogP contribution in [0.4, 0.5) is 5.69 Å². The molecule has 1 atom stereocenters. The van der Waals surface area contributed by atoms with Crippen molar-refractivity contribution in [3.8, 4) is 0 Å². The minimum Gasteiger partial charge on any atom is -0.350 e. The van der Waals surface area contributed by atoms with Crippen LogP contribution in [0.3, 0.4) is 0 Å². The fourth-order valence-corrected chi connectivity index (χ4v) is 3.75. The molecule has 26 heavy (non-hydrogen) atoms. The highest BCUT2D eigenvalue weighted by Crippen LogP contribution is 2.31. The predicted molar refractivity (Wildman–Crippen MR) is 101 cm³/mol. The van der Waals surface area contributed by atoms with Crippen molar-refractivity contribution in [2.45, 2.75) is 30.7 Å². The lowest BCUT2D eigenvalue weighted by molar-refractivity contribution is 0.0950. The summed E-state index contributed by atoms with van der Waals surface area (Å²) < 4.78 is 27.6. The van der Waals surface area contributed by atoms with Crippen LogP contribution >= 0.6 is 0 Å². The summed E-state index contributed by atoms with van der Waals surface area (Å²) in [4.78, 5) is 12.3. The van der Waals surface area contributed by atoms with E-state index >= 15 is 0 Å². The summed E-state index contributed by atoms with van der Waals surface area (Å²) in [6.45, 7) is 2.32. The lowest BCUT2D eigenvalue weighted by Gasteiger charge is -2.12. The van der Waals surface area contributed by atoms with Crippen LogP contribution in [0.25, 0.3) is 0 Å². The summed E-state index contributed by atoms with van der Waals surface area (Å²) in [7, 11) is -3.77. The van der Waals surface area contributed by atoms with E-state index in [4.69, 9.17) is 5.73 Å². The van der Waals surface area contributed by atoms with Gasteiger partial charge in [0.2, 0.25) is 0 Å². The summed E-state index contributed by atoms with van der Waals surface area (Å²) in [5.41, 5.74) is 7.78. The Bertz CT molecular complexity index is 891. The third-order valence-corrected chi connectivity index (χ3v) is 5.82. The third-order valence-electron chi connectivity index (χ3n) is 4.44. The van der Waals surface area contributed by atoms with E-state index in [1.54, 1.807) is 24.3 Å². The lowest BCUT2D eigenvalue weighted by atomic mass is 10.2. The van der Waals surface area contributed by atoms with E-state index in [0.29, 0.717) is 23.7 Å². The quantitative estimate of drug-likeness (QED) is 0.693. The molecule has 0 spiro atoms. The van der Waals surface area contributed by atoms with Crippen molar-refractivity contribution >= 4 is 21.6 Å². The number of amides is 1. The molecule has 0 heterocycles. The molecule has 0 radical (unpaired) electrons. The minimum absolute atomic E-state index is 0.0391. The highest BCUT2D eigenvalue weighted by atomic mass is 32.2. The fraction of sp³-hybridized carbons (Fsp3) is 0.316. The van der Waals surface area contributed by atoms with E-state index in [9.17, 15) is 13.2 Å². The molecule has 1 unspecified atom stereocenters. The summed E-state index contributed by atoms with van der Waals surface area (Å²) in [5.74, 6) is 0.161. The van der Waals surface area contributed by atoms with Crippen LogP contribution in [0, 0.1) is 12.8 Å². The summed E-state index contributed by atoms with van der Waals surface area (Å²) in [6, 6.07) is 13.0. The fourth-order valence-electron chi connectivity index (χ4n) is 2.64. The number of rotatable bonds is 7. The Balaban J connectivity index is 1.70. The van der Waals surface area contributed by atoms with Gasteiger partial charge in [0.05, 0.1) is 4.90 Å². The van der Waals surface area contributed by atoms with Gasteiger partial charge in [-0.25, -0.2) is 8.42 Å². The van der Waals surface area contributed by atoms with E-state index in [1.807, 2.05) is 19.1 Å². The molecular formula is C19H23N3O3S. The van der Waals surface area contributed by atoms with Gasteiger partial charge < -0.3 is 11.1 Å². The number of aryl methyl sites for hydroxylation is 1. The Kier molecular flexibility index (Phi) is 5.29. The maximum atomic E-state index is 12.6. The summed E-state index contributed by atoms with van der Waals surface area (Å²) >= 11 is 0. The van der Waals surface area contributed by atoms with Crippen molar-refractivity contribution in [2.24, 2.45) is 11.7 Å². The molecule has 1 amide bonds. The second-order valence-electron chi connectivity index (χ2n) is 6.71. The molecule has 0 bridgehead atoms. The molecule has 1 fully saturated rings. The maximum absolute atomic E-state index is 12.6. The molecular weight excluding hydrogens is 350 g/mol. The highest BCUT2D eigenvalue weighted by molar-refractivity contribution is 7.92. The molecule has 7 heteroatoms. The number of benzene rings is 2. The first-order chi connectivity index (χ1) is 12.3. The van der Waals surface area contributed by atoms with Gasteiger partial charge in [0.1, 0.15) is 0 Å². The SMILES string of the molecule is Cc1ccc(NS(=O)(=O)c2cccc(C(=O)NCC(N)C3CC3)c2)cc1. The van der Waals surface area contributed by atoms with Gasteiger partial charge in [0, 0.05) is 23.8 Å². The van der Waals surface area contributed by atoms with E-state index in [0.717, 1.165) is 18.4 Å². The minimum atomic E-state index is -3.77. The van der Waals surface area contributed by atoms with Crippen molar-refractivity contribution in [3.05, 3.63) is 59.7 Å². The number of anilines is 1. The van der Waals surface area contributed by atoms with Crippen LogP contribution < -0.4 is 15.8 Å². The van der Waals surface area contributed by atoms with Crippen molar-refractivity contribution in [2.75, 3.05) is 11.3 Å². The number of hydrogen-bond acceptors (Lipinski definition) is 4. The van der Waals surface area contributed by atoms with E-state index < -0.39 is 10.0 Å².